The van der Waals surface area contributed by atoms with Gasteiger partial charge in [0.05, 0.1) is 6.61 Å². The summed E-state index contributed by atoms with van der Waals surface area (Å²) in [5.41, 5.74) is 5.78. The van der Waals surface area contributed by atoms with Gasteiger partial charge in [0.2, 0.25) is 5.70 Å². The van der Waals surface area contributed by atoms with E-state index in [1.165, 1.54) is 0 Å². The van der Waals surface area contributed by atoms with Gasteiger partial charge in [-0.1, -0.05) is 63.3 Å². The molecule has 3 aromatic rings. The van der Waals surface area contributed by atoms with Crippen LogP contribution in [-0.4, -0.2) is 10.1 Å². The van der Waals surface area contributed by atoms with Crippen LogP contribution in [0.15, 0.2) is 67.0 Å². The largest absolute Gasteiger partial charge is 0.867 e. The average Bonchev–Trinajstić information content (AvgIpc) is 2.72. The van der Waals surface area contributed by atoms with Crippen molar-refractivity contribution in [2.75, 3.05) is 5.32 Å². The molecule has 0 radical (unpaired) electrons. The number of anilines is 1. The van der Waals surface area contributed by atoms with Crippen molar-refractivity contribution >= 4 is 34.3 Å². The Morgan fingerprint density at radius 3 is 2.22 bits per heavy atom. The van der Waals surface area contributed by atoms with Crippen LogP contribution in [0.25, 0.3) is 11.5 Å². The number of benzene rings is 2. The van der Waals surface area contributed by atoms with Gasteiger partial charge in [0.15, 0.2) is 17.4 Å². The van der Waals surface area contributed by atoms with Crippen molar-refractivity contribution in [2.24, 2.45) is 0 Å². The molecule has 0 aliphatic rings. The Kier molecular flexibility index (Phi) is 7.12. The number of aryl methyl sites for hydroxylation is 2. The van der Waals surface area contributed by atoms with Crippen molar-refractivity contribution in [3.63, 3.8) is 0 Å². The lowest BCUT2D eigenvalue weighted by Gasteiger charge is -2.21. The first-order valence-electron chi connectivity index (χ1n) is 10.6. The van der Waals surface area contributed by atoms with Gasteiger partial charge >= 0.3 is 0 Å². The van der Waals surface area contributed by atoms with Gasteiger partial charge in [0, 0.05) is 17.3 Å². The van der Waals surface area contributed by atoms with E-state index in [4.69, 9.17) is 12.2 Å². The van der Waals surface area contributed by atoms with Crippen molar-refractivity contribution in [3.8, 4) is 0 Å². The molecule has 4 nitrogen and oxygen atoms in total. The molecule has 0 amide bonds. The van der Waals surface area contributed by atoms with Crippen LogP contribution in [0.3, 0.4) is 0 Å². The molecule has 2 N–H and O–H groups in total. The van der Waals surface area contributed by atoms with E-state index in [2.05, 4.69) is 32.2 Å². The molecule has 0 aliphatic carbocycles. The van der Waals surface area contributed by atoms with E-state index in [1.54, 1.807) is 29.1 Å². The van der Waals surface area contributed by atoms with Gasteiger partial charge in [0.1, 0.15) is 0 Å². The van der Waals surface area contributed by atoms with E-state index in [9.17, 15) is 10.2 Å². The second-order valence-corrected chi connectivity index (χ2v) is 9.52. The van der Waals surface area contributed by atoms with Gasteiger partial charge < -0.3 is 15.5 Å². The molecular formula is C27H30N2O2S. The van der Waals surface area contributed by atoms with Crippen molar-refractivity contribution in [1.82, 2.24) is 0 Å². The Morgan fingerprint density at radius 2 is 1.66 bits per heavy atom. The van der Waals surface area contributed by atoms with E-state index >= 15 is 0 Å². The van der Waals surface area contributed by atoms with Crippen molar-refractivity contribution < 1.29 is 14.8 Å². The van der Waals surface area contributed by atoms with Crippen LogP contribution in [-0.2, 0) is 12.0 Å². The van der Waals surface area contributed by atoms with E-state index < -0.39 is 0 Å². The number of pyridine rings is 1. The number of aliphatic hydroxyl groups is 1. The second kappa shape index (κ2) is 9.63. The Bertz CT molecular complexity index is 1140. The van der Waals surface area contributed by atoms with E-state index in [-0.39, 0.29) is 17.8 Å². The Labute approximate surface area is 195 Å². The minimum absolute atomic E-state index is 0.00177. The summed E-state index contributed by atoms with van der Waals surface area (Å²) in [5.74, 6) is -0.188. The third kappa shape index (κ3) is 5.61. The van der Waals surface area contributed by atoms with Crippen molar-refractivity contribution in [3.05, 3.63) is 94.8 Å². The highest BCUT2D eigenvalue weighted by Gasteiger charge is 2.20. The molecule has 0 spiro atoms. The predicted molar refractivity (Wildman–Crippen MR) is 133 cm³/mol. The maximum Gasteiger partial charge on any atom is 0.238 e. The zero-order valence-corrected chi connectivity index (χ0v) is 20.1. The smallest absolute Gasteiger partial charge is 0.238 e. The molecule has 32 heavy (non-hydrogen) atoms. The second-order valence-electron chi connectivity index (χ2n) is 9.11. The maximum atomic E-state index is 13.6. The van der Waals surface area contributed by atoms with Crippen LogP contribution in [0.4, 0.5) is 5.69 Å². The molecule has 0 saturated heterocycles. The third-order valence-electron chi connectivity index (χ3n) is 5.23. The summed E-state index contributed by atoms with van der Waals surface area (Å²) in [6.07, 6.45) is 3.50. The predicted octanol–water partition coefficient (Wildman–Crippen LogP) is 4.51. The number of nitrogens with one attached hydrogen (secondary N) is 1. The quantitative estimate of drug-likeness (QED) is 0.262. The zero-order chi connectivity index (χ0) is 23.5. The first-order valence-corrected chi connectivity index (χ1v) is 11.0. The van der Waals surface area contributed by atoms with E-state index in [0.29, 0.717) is 21.8 Å². The lowest BCUT2D eigenvalue weighted by atomic mass is 9.86. The summed E-state index contributed by atoms with van der Waals surface area (Å²) in [5, 5.41) is 26.4. The lowest BCUT2D eigenvalue weighted by molar-refractivity contribution is -0.578. The van der Waals surface area contributed by atoms with Crippen LogP contribution in [0, 0.1) is 13.8 Å². The highest BCUT2D eigenvalue weighted by Crippen LogP contribution is 2.25. The Balaban J connectivity index is 2.10. The van der Waals surface area contributed by atoms with Gasteiger partial charge in [0.25, 0.3) is 0 Å². The van der Waals surface area contributed by atoms with Gasteiger partial charge in [-0.05, 0) is 65.5 Å². The highest BCUT2D eigenvalue weighted by atomic mass is 32.1. The highest BCUT2D eigenvalue weighted by molar-refractivity contribution is 7.81. The fourth-order valence-electron chi connectivity index (χ4n) is 3.59. The Morgan fingerprint density at radius 1 is 1.03 bits per heavy atom. The normalized spacial score (nSPS) is 12.3. The first-order chi connectivity index (χ1) is 15.1. The van der Waals surface area contributed by atoms with Gasteiger partial charge in [-0.2, -0.15) is 4.57 Å². The molecule has 1 aromatic heterocycles. The van der Waals surface area contributed by atoms with Crippen LogP contribution >= 0.6 is 12.2 Å². The van der Waals surface area contributed by atoms with E-state index in [1.807, 2.05) is 50.2 Å². The lowest BCUT2D eigenvalue weighted by Crippen LogP contribution is -2.40. The number of aliphatic hydroxyl groups excluding tert-OH is 1. The van der Waals surface area contributed by atoms with Crippen LogP contribution in [0.5, 0.6) is 0 Å². The van der Waals surface area contributed by atoms with Gasteiger partial charge in [-0.3, -0.25) is 0 Å². The molecule has 0 aliphatic heterocycles. The molecule has 0 fully saturated rings. The Hall–Kier alpha value is -3.02. The molecule has 0 bridgehead atoms. The molecule has 5 heteroatoms. The monoisotopic (exact) mass is 446 g/mol. The molecule has 0 saturated carbocycles. The summed E-state index contributed by atoms with van der Waals surface area (Å²) < 4.78 is 1.68. The standard InChI is InChI=1S/C27H30N2O2S/c1-18-13-19(2)15-23(14-18)28-26(32)24(29-12-6-7-20(16-29)17-30)25(31)21-8-10-22(11-9-21)27(3,4)5/h6-16,30H,17H2,1-5H3,(H-,28,31,32). The maximum absolute atomic E-state index is 13.6. The summed E-state index contributed by atoms with van der Waals surface area (Å²) in [6, 6.07) is 17.3. The molecule has 2 aromatic carbocycles. The first kappa shape index (κ1) is 23.6. The number of hydrogen-bond acceptors (Lipinski definition) is 3. The minimum Gasteiger partial charge on any atom is -0.867 e. The topological polar surface area (TPSA) is 59.2 Å². The summed E-state index contributed by atoms with van der Waals surface area (Å²) in [7, 11) is 0. The summed E-state index contributed by atoms with van der Waals surface area (Å²) in [4.78, 5) is 0.319. The van der Waals surface area contributed by atoms with Crippen LogP contribution in [0.2, 0.25) is 0 Å². The molecule has 0 atom stereocenters. The number of nitrogens with zero attached hydrogens (tertiary/aromatic N) is 1. The molecule has 1 heterocycles. The third-order valence-corrected chi connectivity index (χ3v) is 5.52. The summed E-state index contributed by atoms with van der Waals surface area (Å²) in [6.45, 7) is 10.3. The van der Waals surface area contributed by atoms with Gasteiger partial charge in [-0.25, -0.2) is 0 Å². The zero-order valence-electron chi connectivity index (χ0n) is 19.3. The van der Waals surface area contributed by atoms with Crippen molar-refractivity contribution in [1.29, 1.82) is 0 Å². The van der Waals surface area contributed by atoms with Crippen LogP contribution < -0.4 is 15.0 Å². The number of aromatic nitrogens is 1. The van der Waals surface area contributed by atoms with Crippen LogP contribution in [0.1, 0.15) is 48.6 Å². The average molecular weight is 447 g/mol. The number of rotatable bonds is 5. The van der Waals surface area contributed by atoms with Gasteiger partial charge in [-0.15, -0.1) is 0 Å². The molecule has 0 unspecified atom stereocenters. The molecular weight excluding hydrogens is 416 g/mol. The SMILES string of the molecule is Cc1cc(C)cc(NC(=S)/C(=C(\[O-])c2ccc(C(C)(C)C)cc2)[n+]2cccc(CO)c2)c1. The summed E-state index contributed by atoms with van der Waals surface area (Å²) >= 11 is 5.71. The molecule has 3 rings (SSSR count). The van der Waals surface area contributed by atoms with E-state index in [0.717, 1.165) is 22.4 Å². The fourth-order valence-corrected chi connectivity index (χ4v) is 3.91. The number of thiocarbonyl (C=S) groups is 1. The minimum atomic E-state index is -0.188. The number of hydrogen-bond donors (Lipinski definition) is 2. The van der Waals surface area contributed by atoms with Crippen molar-refractivity contribution in [2.45, 2.75) is 46.6 Å². The fraction of sp³-hybridized carbons (Fsp3) is 0.259. The molecule has 166 valence electrons.